The summed E-state index contributed by atoms with van der Waals surface area (Å²) in [4.78, 5) is 38.3. The summed E-state index contributed by atoms with van der Waals surface area (Å²) in [5.41, 5.74) is 1.37. The Morgan fingerprint density at radius 1 is 1.34 bits per heavy atom. The van der Waals surface area contributed by atoms with Crippen molar-refractivity contribution in [3.63, 3.8) is 0 Å². The van der Waals surface area contributed by atoms with Crippen molar-refractivity contribution in [1.29, 1.82) is 0 Å². The van der Waals surface area contributed by atoms with Crippen molar-refractivity contribution in [3.8, 4) is 0 Å². The number of amides is 1. The van der Waals surface area contributed by atoms with Crippen LogP contribution in [0.2, 0.25) is 0 Å². The fourth-order valence-corrected chi connectivity index (χ4v) is 4.88. The number of ether oxygens (including phenoxy) is 2. The molecule has 2 aromatic rings. The van der Waals surface area contributed by atoms with Gasteiger partial charge in [-0.3, -0.25) is 4.79 Å². The van der Waals surface area contributed by atoms with Gasteiger partial charge in [0.1, 0.15) is 5.00 Å². The summed E-state index contributed by atoms with van der Waals surface area (Å²) in [6.07, 6.45) is 1.55. The fourth-order valence-electron chi connectivity index (χ4n) is 3.17. The van der Waals surface area contributed by atoms with Crippen LogP contribution < -0.4 is 5.32 Å². The molecule has 0 saturated carbocycles. The number of hydrogen-bond donors (Lipinski definition) is 1. The van der Waals surface area contributed by atoms with Crippen molar-refractivity contribution in [1.82, 2.24) is 0 Å². The van der Waals surface area contributed by atoms with Gasteiger partial charge in [0.05, 0.1) is 12.2 Å². The van der Waals surface area contributed by atoms with Crippen molar-refractivity contribution in [2.24, 2.45) is 5.92 Å². The molecule has 1 aliphatic rings. The highest BCUT2D eigenvalue weighted by Crippen LogP contribution is 2.40. The van der Waals surface area contributed by atoms with E-state index in [0.29, 0.717) is 21.2 Å². The molecule has 0 radical (unpaired) electrons. The Kier molecular flexibility index (Phi) is 6.79. The standard InChI is InChI=1S/C20H22BrNO6S/c1-4-26-20(25)16-12-6-5-10(2)9-14(12)29-18(16)22-17(23)11(3)27-19(24)13-7-8-15(21)28-13/h7-8,10-11H,4-6,9H2,1-3H3,(H,22,23). The van der Waals surface area contributed by atoms with Crippen LogP contribution in [0.25, 0.3) is 0 Å². The van der Waals surface area contributed by atoms with Gasteiger partial charge in [-0.25, -0.2) is 9.59 Å². The number of nitrogens with one attached hydrogen (secondary N) is 1. The van der Waals surface area contributed by atoms with Crippen LogP contribution in [-0.2, 0) is 27.1 Å². The van der Waals surface area contributed by atoms with E-state index >= 15 is 0 Å². The zero-order chi connectivity index (χ0) is 21.1. The molecule has 0 saturated heterocycles. The van der Waals surface area contributed by atoms with E-state index in [1.165, 1.54) is 24.3 Å². The minimum Gasteiger partial charge on any atom is -0.462 e. The van der Waals surface area contributed by atoms with Gasteiger partial charge in [-0.2, -0.15) is 0 Å². The van der Waals surface area contributed by atoms with Gasteiger partial charge in [0.25, 0.3) is 5.91 Å². The number of anilines is 1. The summed E-state index contributed by atoms with van der Waals surface area (Å²) in [6, 6.07) is 3.01. The van der Waals surface area contributed by atoms with Crippen LogP contribution in [-0.4, -0.2) is 30.6 Å². The molecule has 0 spiro atoms. The van der Waals surface area contributed by atoms with E-state index in [4.69, 9.17) is 13.9 Å². The van der Waals surface area contributed by atoms with Crippen molar-refractivity contribution >= 4 is 50.1 Å². The van der Waals surface area contributed by atoms with Crippen LogP contribution in [0.1, 0.15) is 58.5 Å². The molecule has 1 amide bonds. The number of thiophene rings is 1. The first kappa shape index (κ1) is 21.6. The second-order valence-corrected chi connectivity index (χ2v) is 8.80. The first-order valence-corrected chi connectivity index (χ1v) is 11.0. The first-order chi connectivity index (χ1) is 13.8. The Bertz CT molecular complexity index is 934. The molecule has 7 nitrogen and oxygen atoms in total. The summed E-state index contributed by atoms with van der Waals surface area (Å²) < 4.78 is 15.9. The molecule has 0 fully saturated rings. The summed E-state index contributed by atoms with van der Waals surface area (Å²) in [5.74, 6) is -1.21. The smallest absolute Gasteiger partial charge is 0.375 e. The molecular formula is C20H22BrNO6S. The van der Waals surface area contributed by atoms with E-state index in [9.17, 15) is 14.4 Å². The van der Waals surface area contributed by atoms with Crippen molar-refractivity contribution in [2.75, 3.05) is 11.9 Å². The highest BCUT2D eigenvalue weighted by molar-refractivity contribution is 9.10. The highest BCUT2D eigenvalue weighted by Gasteiger charge is 2.30. The number of hydrogen-bond acceptors (Lipinski definition) is 7. The number of rotatable bonds is 6. The average Bonchev–Trinajstić information content (AvgIpc) is 3.24. The van der Waals surface area contributed by atoms with Gasteiger partial charge < -0.3 is 19.2 Å². The quantitative estimate of drug-likeness (QED) is 0.603. The number of carbonyl (C=O) groups excluding carboxylic acids is 3. The number of fused-ring (bicyclic) bond motifs is 1. The van der Waals surface area contributed by atoms with Crippen LogP contribution in [0.4, 0.5) is 5.00 Å². The molecule has 0 aliphatic heterocycles. The zero-order valence-corrected chi connectivity index (χ0v) is 18.8. The molecule has 156 valence electrons. The fraction of sp³-hybridized carbons (Fsp3) is 0.450. The molecule has 0 bridgehead atoms. The lowest BCUT2D eigenvalue weighted by Crippen LogP contribution is -2.30. The van der Waals surface area contributed by atoms with Crippen LogP contribution in [0.5, 0.6) is 0 Å². The second kappa shape index (κ2) is 9.13. The van der Waals surface area contributed by atoms with Gasteiger partial charge in [0.2, 0.25) is 5.76 Å². The predicted molar refractivity (Wildman–Crippen MR) is 111 cm³/mol. The van der Waals surface area contributed by atoms with E-state index in [1.54, 1.807) is 13.0 Å². The van der Waals surface area contributed by atoms with Crippen molar-refractivity contribution in [3.05, 3.63) is 38.6 Å². The molecule has 0 aromatic carbocycles. The number of furan rings is 1. The van der Waals surface area contributed by atoms with Gasteiger partial charge in [-0.05, 0) is 72.7 Å². The summed E-state index contributed by atoms with van der Waals surface area (Å²) in [6.45, 7) is 5.62. The maximum atomic E-state index is 12.6. The highest BCUT2D eigenvalue weighted by atomic mass is 79.9. The lowest BCUT2D eigenvalue weighted by molar-refractivity contribution is -0.123. The summed E-state index contributed by atoms with van der Waals surface area (Å²) >= 11 is 4.50. The van der Waals surface area contributed by atoms with E-state index in [1.807, 2.05) is 0 Å². The molecule has 1 N–H and O–H groups in total. The van der Waals surface area contributed by atoms with Gasteiger partial charge in [0.15, 0.2) is 10.8 Å². The Balaban J connectivity index is 1.76. The topological polar surface area (TPSA) is 94.8 Å². The van der Waals surface area contributed by atoms with Crippen LogP contribution in [0.15, 0.2) is 21.2 Å². The summed E-state index contributed by atoms with van der Waals surface area (Å²) in [5, 5.41) is 3.19. The largest absolute Gasteiger partial charge is 0.462 e. The van der Waals surface area contributed by atoms with Gasteiger partial charge >= 0.3 is 11.9 Å². The minimum atomic E-state index is -1.07. The molecule has 2 atom stereocenters. The Morgan fingerprint density at radius 2 is 2.10 bits per heavy atom. The third kappa shape index (κ3) is 4.90. The molecule has 2 heterocycles. The van der Waals surface area contributed by atoms with E-state index < -0.39 is 23.9 Å². The minimum absolute atomic E-state index is 0.00990. The Labute approximate surface area is 180 Å². The van der Waals surface area contributed by atoms with E-state index in [-0.39, 0.29) is 12.4 Å². The van der Waals surface area contributed by atoms with Gasteiger partial charge in [-0.1, -0.05) is 6.92 Å². The predicted octanol–water partition coefficient (Wildman–Crippen LogP) is 4.59. The summed E-state index contributed by atoms with van der Waals surface area (Å²) in [7, 11) is 0. The molecule has 2 unspecified atom stereocenters. The van der Waals surface area contributed by atoms with Crippen LogP contribution >= 0.6 is 27.3 Å². The molecule has 29 heavy (non-hydrogen) atoms. The van der Waals surface area contributed by atoms with Crippen LogP contribution in [0, 0.1) is 5.92 Å². The zero-order valence-electron chi connectivity index (χ0n) is 16.4. The monoisotopic (exact) mass is 483 g/mol. The molecule has 2 aromatic heterocycles. The third-order valence-electron chi connectivity index (χ3n) is 4.66. The maximum absolute atomic E-state index is 12.6. The number of carbonyl (C=O) groups is 3. The number of esters is 2. The normalized spacial score (nSPS) is 16.6. The Morgan fingerprint density at radius 3 is 2.76 bits per heavy atom. The van der Waals surface area contributed by atoms with E-state index in [0.717, 1.165) is 29.7 Å². The van der Waals surface area contributed by atoms with Crippen molar-refractivity contribution < 1.29 is 28.3 Å². The third-order valence-corrected chi connectivity index (χ3v) is 6.25. The average molecular weight is 484 g/mol. The first-order valence-electron chi connectivity index (χ1n) is 9.39. The molecular weight excluding hydrogens is 462 g/mol. The maximum Gasteiger partial charge on any atom is 0.375 e. The second-order valence-electron chi connectivity index (χ2n) is 6.92. The van der Waals surface area contributed by atoms with Crippen LogP contribution in [0.3, 0.4) is 0 Å². The lowest BCUT2D eigenvalue weighted by atomic mass is 9.88. The SMILES string of the molecule is CCOC(=O)c1c(NC(=O)C(C)OC(=O)c2ccc(Br)o2)sc2c1CCC(C)C2. The molecule has 3 rings (SSSR count). The molecule has 1 aliphatic carbocycles. The number of halogens is 1. The Hall–Kier alpha value is -2.13. The van der Waals surface area contributed by atoms with Crippen molar-refractivity contribution in [2.45, 2.75) is 46.1 Å². The van der Waals surface area contributed by atoms with Gasteiger partial charge in [0, 0.05) is 4.88 Å². The van der Waals surface area contributed by atoms with Gasteiger partial charge in [-0.15, -0.1) is 11.3 Å². The van der Waals surface area contributed by atoms with E-state index in [2.05, 4.69) is 28.2 Å². The lowest BCUT2D eigenvalue weighted by Gasteiger charge is -2.18. The molecule has 9 heteroatoms.